The quantitative estimate of drug-likeness (QED) is 0.359. The summed E-state index contributed by atoms with van der Waals surface area (Å²) in [4.78, 5) is 29.8. The van der Waals surface area contributed by atoms with Crippen LogP contribution in [0.15, 0.2) is 101 Å². The van der Waals surface area contributed by atoms with E-state index < -0.39 is 0 Å². The van der Waals surface area contributed by atoms with Gasteiger partial charge in [0, 0.05) is 27.5 Å². The molecule has 0 aromatic heterocycles. The molecule has 4 aromatic rings. The molecule has 0 atom stereocenters. The molecule has 1 aliphatic rings. The molecular formula is C29H23FN2O2S. The van der Waals surface area contributed by atoms with E-state index >= 15 is 0 Å². The average Bonchev–Trinajstić information content (AvgIpc) is 2.99. The molecule has 5 rings (SSSR count). The van der Waals surface area contributed by atoms with Crippen LogP contribution in [-0.2, 0) is 13.1 Å². The van der Waals surface area contributed by atoms with Crippen LogP contribution in [0.4, 0.5) is 10.1 Å². The summed E-state index contributed by atoms with van der Waals surface area (Å²) in [6.45, 7) is 2.47. The van der Waals surface area contributed by atoms with Gasteiger partial charge in [-0.25, -0.2) is 4.39 Å². The minimum Gasteiger partial charge on any atom is -0.348 e. The molecular weight excluding hydrogens is 459 g/mol. The van der Waals surface area contributed by atoms with Gasteiger partial charge in [-0.1, -0.05) is 71.9 Å². The Morgan fingerprint density at radius 1 is 0.914 bits per heavy atom. The summed E-state index contributed by atoms with van der Waals surface area (Å²) in [5, 5.41) is 2.95. The number of carbonyl (C=O) groups excluding carboxylic acids is 2. The highest BCUT2D eigenvalue weighted by Gasteiger charge is 2.28. The van der Waals surface area contributed by atoms with E-state index in [0.29, 0.717) is 28.9 Å². The number of nitrogens with zero attached hydrogens (tertiary/aromatic N) is 1. The zero-order chi connectivity index (χ0) is 24.4. The number of anilines is 1. The standard InChI is InChI=1S/C29H23FN2O2S/c1-19-10-12-20(13-11-19)17-31-28(33)21-14-15-27-25(16-21)32(18-22-6-2-4-8-24(22)30)29(34)23-7-3-5-9-26(23)35-27/h2-16H,17-18H2,1H3,(H,31,33). The lowest BCUT2D eigenvalue weighted by atomic mass is 10.1. The van der Waals surface area contributed by atoms with E-state index in [1.54, 1.807) is 41.3 Å². The monoisotopic (exact) mass is 482 g/mol. The van der Waals surface area contributed by atoms with Crippen LogP contribution in [0.5, 0.6) is 0 Å². The number of fused-ring (bicyclic) bond motifs is 2. The van der Waals surface area contributed by atoms with Crippen molar-refractivity contribution < 1.29 is 14.0 Å². The van der Waals surface area contributed by atoms with Crippen molar-refractivity contribution in [3.63, 3.8) is 0 Å². The van der Waals surface area contributed by atoms with Gasteiger partial charge in [0.05, 0.1) is 17.8 Å². The van der Waals surface area contributed by atoms with Crippen LogP contribution in [0.2, 0.25) is 0 Å². The highest BCUT2D eigenvalue weighted by atomic mass is 32.2. The summed E-state index contributed by atoms with van der Waals surface area (Å²) in [5.74, 6) is -0.843. The SMILES string of the molecule is Cc1ccc(CNC(=O)c2ccc3c(c2)N(Cc2ccccc2F)C(=O)c2ccccc2S3)cc1. The summed E-state index contributed by atoms with van der Waals surface area (Å²) < 4.78 is 14.5. The molecule has 4 aromatic carbocycles. The number of hydrogen-bond donors (Lipinski definition) is 1. The Kier molecular flexibility index (Phi) is 6.38. The number of nitrogens with one attached hydrogen (secondary N) is 1. The number of carbonyl (C=O) groups is 2. The first-order valence-corrected chi connectivity index (χ1v) is 12.1. The molecule has 174 valence electrons. The number of amides is 2. The molecule has 1 heterocycles. The highest BCUT2D eigenvalue weighted by molar-refractivity contribution is 7.99. The zero-order valence-corrected chi connectivity index (χ0v) is 19.9. The number of halogens is 1. The van der Waals surface area contributed by atoms with E-state index in [9.17, 15) is 14.0 Å². The Morgan fingerprint density at radius 3 is 2.46 bits per heavy atom. The molecule has 35 heavy (non-hydrogen) atoms. The summed E-state index contributed by atoms with van der Waals surface area (Å²) >= 11 is 1.47. The second kappa shape index (κ2) is 9.76. The smallest absolute Gasteiger partial charge is 0.259 e. The molecule has 0 aliphatic carbocycles. The highest BCUT2D eigenvalue weighted by Crippen LogP contribution is 2.42. The Labute approximate surface area is 207 Å². The normalized spacial score (nSPS) is 12.5. The number of aryl methyl sites for hydroxylation is 1. The molecule has 0 bridgehead atoms. The van der Waals surface area contributed by atoms with Gasteiger partial charge in [-0.05, 0) is 48.9 Å². The summed E-state index contributed by atoms with van der Waals surface area (Å²) in [6.07, 6.45) is 0. The largest absolute Gasteiger partial charge is 0.348 e. The van der Waals surface area contributed by atoms with E-state index in [4.69, 9.17) is 0 Å². The van der Waals surface area contributed by atoms with Crippen molar-refractivity contribution in [2.45, 2.75) is 29.8 Å². The van der Waals surface area contributed by atoms with Crippen molar-refractivity contribution in [3.05, 3.63) is 125 Å². The number of hydrogen-bond acceptors (Lipinski definition) is 3. The molecule has 4 nitrogen and oxygen atoms in total. The lowest BCUT2D eigenvalue weighted by Crippen LogP contribution is -2.31. The first-order chi connectivity index (χ1) is 17.0. The molecule has 6 heteroatoms. The van der Waals surface area contributed by atoms with Gasteiger partial charge in [-0.15, -0.1) is 0 Å². The molecule has 0 fully saturated rings. The third kappa shape index (κ3) is 4.84. The molecule has 0 unspecified atom stereocenters. The minimum atomic E-state index is -0.376. The Bertz CT molecular complexity index is 1420. The van der Waals surface area contributed by atoms with E-state index in [1.165, 1.54) is 17.8 Å². The second-order valence-corrected chi connectivity index (χ2v) is 9.52. The van der Waals surface area contributed by atoms with Gasteiger partial charge in [0.25, 0.3) is 11.8 Å². The molecule has 0 saturated heterocycles. The number of benzene rings is 4. The van der Waals surface area contributed by atoms with Gasteiger partial charge in [0.1, 0.15) is 5.82 Å². The third-order valence-electron chi connectivity index (χ3n) is 5.95. The fourth-order valence-electron chi connectivity index (χ4n) is 4.01. The van der Waals surface area contributed by atoms with Crippen molar-refractivity contribution in [3.8, 4) is 0 Å². The van der Waals surface area contributed by atoms with Crippen molar-refractivity contribution in [1.82, 2.24) is 5.32 Å². The summed E-state index contributed by atoms with van der Waals surface area (Å²) in [6, 6.07) is 27.1. The first kappa shape index (κ1) is 22.9. The van der Waals surface area contributed by atoms with E-state index in [2.05, 4.69) is 5.32 Å². The van der Waals surface area contributed by atoms with Crippen LogP contribution in [-0.4, -0.2) is 11.8 Å². The van der Waals surface area contributed by atoms with Gasteiger partial charge < -0.3 is 10.2 Å². The van der Waals surface area contributed by atoms with Crippen LogP contribution < -0.4 is 10.2 Å². The maximum absolute atomic E-state index is 14.5. The van der Waals surface area contributed by atoms with Crippen LogP contribution in [0.25, 0.3) is 0 Å². The van der Waals surface area contributed by atoms with Gasteiger partial charge in [0.2, 0.25) is 0 Å². The topological polar surface area (TPSA) is 49.4 Å². The van der Waals surface area contributed by atoms with Gasteiger partial charge in [-0.3, -0.25) is 9.59 Å². The molecule has 1 N–H and O–H groups in total. The van der Waals surface area contributed by atoms with Gasteiger partial charge in [0.15, 0.2) is 0 Å². The fraction of sp³-hybridized carbons (Fsp3) is 0.103. The zero-order valence-electron chi connectivity index (χ0n) is 19.1. The fourth-order valence-corrected chi connectivity index (χ4v) is 5.06. The molecule has 1 aliphatic heterocycles. The third-order valence-corrected chi connectivity index (χ3v) is 7.10. The van der Waals surface area contributed by atoms with Gasteiger partial charge in [-0.2, -0.15) is 0 Å². The van der Waals surface area contributed by atoms with Crippen molar-refractivity contribution in [2.24, 2.45) is 0 Å². The van der Waals surface area contributed by atoms with Crippen molar-refractivity contribution >= 4 is 29.3 Å². The number of rotatable bonds is 5. The first-order valence-electron chi connectivity index (χ1n) is 11.3. The Morgan fingerprint density at radius 2 is 1.66 bits per heavy atom. The Hall–Kier alpha value is -3.90. The van der Waals surface area contributed by atoms with Crippen molar-refractivity contribution in [2.75, 3.05) is 4.90 Å². The van der Waals surface area contributed by atoms with Gasteiger partial charge >= 0.3 is 0 Å². The van der Waals surface area contributed by atoms with E-state index in [-0.39, 0.29) is 24.2 Å². The molecule has 0 saturated carbocycles. The van der Waals surface area contributed by atoms with Crippen LogP contribution in [0, 0.1) is 12.7 Å². The second-order valence-electron chi connectivity index (χ2n) is 8.43. The average molecular weight is 483 g/mol. The lowest BCUT2D eigenvalue weighted by Gasteiger charge is -2.24. The molecule has 0 radical (unpaired) electrons. The van der Waals surface area contributed by atoms with E-state index in [1.807, 2.05) is 55.5 Å². The predicted molar refractivity (Wildman–Crippen MR) is 136 cm³/mol. The molecule has 0 spiro atoms. The van der Waals surface area contributed by atoms with Crippen molar-refractivity contribution in [1.29, 1.82) is 0 Å². The van der Waals surface area contributed by atoms with Crippen LogP contribution in [0.1, 0.15) is 37.4 Å². The maximum atomic E-state index is 14.5. The van der Waals surface area contributed by atoms with E-state index in [0.717, 1.165) is 20.9 Å². The Balaban J connectivity index is 1.49. The lowest BCUT2D eigenvalue weighted by molar-refractivity contribution is 0.0947. The maximum Gasteiger partial charge on any atom is 0.259 e. The minimum absolute atomic E-state index is 0.0574. The van der Waals surface area contributed by atoms with Crippen LogP contribution in [0.3, 0.4) is 0 Å². The summed E-state index contributed by atoms with van der Waals surface area (Å²) in [5.41, 5.74) is 4.14. The summed E-state index contributed by atoms with van der Waals surface area (Å²) in [7, 11) is 0. The van der Waals surface area contributed by atoms with Crippen LogP contribution >= 0.6 is 11.8 Å². The molecule has 2 amide bonds. The predicted octanol–water partition coefficient (Wildman–Crippen LogP) is 6.38.